The first kappa shape index (κ1) is 40.7. The lowest BCUT2D eigenvalue weighted by Gasteiger charge is -2.11. The maximum atomic E-state index is 5.62. The second kappa shape index (κ2) is 25.8. The molecule has 0 saturated carbocycles. The molecule has 0 saturated heterocycles. The summed E-state index contributed by atoms with van der Waals surface area (Å²) in [4.78, 5) is 37.2. The normalized spacial score (nSPS) is 11.9. The molecule has 1 heterocycles. The first-order valence-corrected chi connectivity index (χ1v) is 16.2. The van der Waals surface area contributed by atoms with Gasteiger partial charge < -0.3 is 67.6 Å². The van der Waals surface area contributed by atoms with E-state index in [-0.39, 0.29) is 35.8 Å². The SMILES string of the molecule is NC(N)=NC(N)=NCCCCCCNc1nc(NCCCCCCN=C(N)N=C(N)N)nc(NCCCCCCN=C(N)N=C(N)N)n1. The number of aromatic nitrogens is 3. The van der Waals surface area contributed by atoms with Crippen LogP contribution < -0.4 is 67.6 Å². The third-order valence-electron chi connectivity index (χ3n) is 6.29. The van der Waals surface area contributed by atoms with Crippen molar-refractivity contribution in [3.8, 4) is 0 Å². The van der Waals surface area contributed by atoms with Crippen molar-refractivity contribution in [3.05, 3.63) is 0 Å². The van der Waals surface area contributed by atoms with Crippen LogP contribution in [0.1, 0.15) is 77.0 Å². The molecule has 0 bridgehead atoms. The first-order valence-electron chi connectivity index (χ1n) is 16.2. The van der Waals surface area contributed by atoms with Gasteiger partial charge in [0.15, 0.2) is 17.9 Å². The second-order valence-electron chi connectivity index (χ2n) is 10.7. The van der Waals surface area contributed by atoms with Gasteiger partial charge in [-0.25, -0.2) is 0 Å². The standard InChI is InChI=1S/C27H57N21/c28-19(29)43-22(34)37-13-7-1-4-10-16-40-25-46-26(41-17-11-5-2-8-14-38-23(35)44-20(30)31)48-27(47-25)42-18-12-6-3-9-15-39-24(36)45-21(32)33/h1-18H2,(H6,28,29,34,37,43)(H6,30,31,35,38,44)(H6,32,33,36,39,45)(H3,40,41,42,46,47,48). The van der Waals surface area contributed by atoms with Crippen LogP contribution in [0.25, 0.3) is 0 Å². The van der Waals surface area contributed by atoms with Crippen LogP contribution in [0, 0.1) is 0 Å². The van der Waals surface area contributed by atoms with Gasteiger partial charge in [-0.2, -0.15) is 29.9 Å². The van der Waals surface area contributed by atoms with Crippen molar-refractivity contribution in [1.82, 2.24) is 15.0 Å². The lowest BCUT2D eigenvalue weighted by atomic mass is 10.2. The summed E-state index contributed by atoms with van der Waals surface area (Å²) >= 11 is 0. The highest BCUT2D eigenvalue weighted by Crippen LogP contribution is 2.12. The van der Waals surface area contributed by atoms with Crippen molar-refractivity contribution < 1.29 is 0 Å². The fourth-order valence-electron chi connectivity index (χ4n) is 4.07. The number of anilines is 3. The van der Waals surface area contributed by atoms with Gasteiger partial charge >= 0.3 is 0 Å². The highest BCUT2D eigenvalue weighted by atomic mass is 15.3. The monoisotopic (exact) mass is 676 g/mol. The van der Waals surface area contributed by atoms with Crippen molar-refractivity contribution in [2.45, 2.75) is 77.0 Å². The Morgan fingerprint density at radius 1 is 0.375 bits per heavy atom. The summed E-state index contributed by atoms with van der Waals surface area (Å²) < 4.78 is 0. The summed E-state index contributed by atoms with van der Waals surface area (Å²) in [5.41, 5.74) is 48.6. The fourth-order valence-corrected chi connectivity index (χ4v) is 4.07. The van der Waals surface area contributed by atoms with E-state index in [1.807, 2.05) is 0 Å². The lowest BCUT2D eigenvalue weighted by Crippen LogP contribution is -2.26. The molecule has 21 nitrogen and oxygen atoms in total. The zero-order valence-electron chi connectivity index (χ0n) is 27.9. The van der Waals surface area contributed by atoms with Gasteiger partial charge in [0.1, 0.15) is 0 Å². The molecule has 48 heavy (non-hydrogen) atoms. The van der Waals surface area contributed by atoms with Crippen molar-refractivity contribution in [3.63, 3.8) is 0 Å². The van der Waals surface area contributed by atoms with E-state index in [1.54, 1.807) is 0 Å². The number of guanidine groups is 6. The lowest BCUT2D eigenvalue weighted by molar-refractivity contribution is 0.657. The van der Waals surface area contributed by atoms with E-state index in [2.05, 4.69) is 60.9 Å². The van der Waals surface area contributed by atoms with Crippen LogP contribution in [0.5, 0.6) is 0 Å². The van der Waals surface area contributed by atoms with Gasteiger partial charge in [-0.05, 0) is 38.5 Å². The Hall–Kier alpha value is -5.37. The number of unbranched alkanes of at least 4 members (excludes halogenated alkanes) is 9. The smallest absolute Gasteiger partial charge is 0.229 e. The topological polar surface area (TPSA) is 383 Å². The van der Waals surface area contributed by atoms with Gasteiger partial charge in [-0.3, -0.25) is 15.0 Å². The molecule has 270 valence electrons. The van der Waals surface area contributed by atoms with E-state index in [0.29, 0.717) is 57.1 Å². The van der Waals surface area contributed by atoms with Gasteiger partial charge in [0.25, 0.3) is 0 Å². The molecule has 0 aromatic carbocycles. The minimum atomic E-state index is -0.104. The Kier molecular flexibility index (Phi) is 21.8. The van der Waals surface area contributed by atoms with E-state index in [0.717, 1.165) is 77.0 Å². The van der Waals surface area contributed by atoms with E-state index >= 15 is 0 Å². The summed E-state index contributed by atoms with van der Waals surface area (Å²) in [6.45, 7) is 3.85. The number of nitrogens with one attached hydrogen (secondary N) is 3. The molecule has 0 radical (unpaired) electrons. The van der Waals surface area contributed by atoms with Crippen LogP contribution in [0.15, 0.2) is 30.0 Å². The molecule has 1 aromatic rings. The van der Waals surface area contributed by atoms with E-state index < -0.39 is 0 Å². The minimum Gasteiger partial charge on any atom is -0.370 e. The number of hydrogen-bond acceptors (Lipinski definition) is 9. The van der Waals surface area contributed by atoms with Gasteiger partial charge in [0, 0.05) is 39.3 Å². The minimum absolute atomic E-state index is 0.0907. The van der Waals surface area contributed by atoms with Crippen LogP contribution in [0.3, 0.4) is 0 Å². The highest BCUT2D eigenvalue weighted by molar-refractivity contribution is 5.93. The molecule has 0 fully saturated rings. The van der Waals surface area contributed by atoms with Gasteiger partial charge in [-0.15, -0.1) is 0 Å². The number of aliphatic imine (C=N–C) groups is 6. The molecule has 0 aliphatic rings. The molecule has 1 aromatic heterocycles. The molecule has 0 amide bonds. The molecule has 0 unspecified atom stereocenters. The number of nitrogens with zero attached hydrogens (tertiary/aromatic N) is 9. The van der Waals surface area contributed by atoms with Crippen molar-refractivity contribution >= 4 is 53.6 Å². The van der Waals surface area contributed by atoms with Crippen LogP contribution in [-0.2, 0) is 0 Å². The summed E-state index contributed by atoms with van der Waals surface area (Å²) in [6, 6.07) is 0. The molecule has 0 aliphatic carbocycles. The molecule has 0 atom stereocenters. The molecular formula is C27H57N21. The zero-order valence-corrected chi connectivity index (χ0v) is 27.9. The second-order valence-corrected chi connectivity index (χ2v) is 10.7. The molecule has 0 aliphatic heterocycles. The maximum Gasteiger partial charge on any atom is 0.229 e. The molecule has 21 N–H and O–H groups in total. The fraction of sp³-hybridized carbons (Fsp3) is 0.667. The van der Waals surface area contributed by atoms with Crippen LogP contribution in [0.4, 0.5) is 17.8 Å². The molecular weight excluding hydrogens is 618 g/mol. The van der Waals surface area contributed by atoms with E-state index in [1.165, 1.54) is 0 Å². The summed E-state index contributed by atoms with van der Waals surface area (Å²) in [6.07, 6.45) is 11.4. The van der Waals surface area contributed by atoms with Crippen molar-refractivity contribution in [2.75, 3.05) is 55.2 Å². The summed E-state index contributed by atoms with van der Waals surface area (Å²) in [7, 11) is 0. The Balaban J connectivity index is 2.52. The summed E-state index contributed by atoms with van der Waals surface area (Å²) in [5.74, 6) is 1.50. The molecule has 21 heteroatoms. The Bertz CT molecular complexity index is 1050. The van der Waals surface area contributed by atoms with E-state index in [4.69, 9.17) is 51.6 Å². The first-order chi connectivity index (χ1) is 23.0. The number of hydrogen-bond donors (Lipinski definition) is 12. The van der Waals surface area contributed by atoms with Crippen LogP contribution >= 0.6 is 0 Å². The average molecular weight is 676 g/mol. The van der Waals surface area contributed by atoms with Crippen molar-refractivity contribution in [2.24, 2.45) is 81.6 Å². The van der Waals surface area contributed by atoms with Crippen LogP contribution in [0.2, 0.25) is 0 Å². The third-order valence-corrected chi connectivity index (χ3v) is 6.29. The average Bonchev–Trinajstić information content (AvgIpc) is 3.00. The maximum absolute atomic E-state index is 5.62. The Morgan fingerprint density at radius 2 is 0.625 bits per heavy atom. The largest absolute Gasteiger partial charge is 0.370 e. The predicted molar refractivity (Wildman–Crippen MR) is 198 cm³/mol. The number of nitrogens with two attached hydrogens (primary N) is 9. The van der Waals surface area contributed by atoms with Crippen molar-refractivity contribution in [1.29, 1.82) is 0 Å². The van der Waals surface area contributed by atoms with Gasteiger partial charge in [0.2, 0.25) is 35.7 Å². The predicted octanol–water partition coefficient (Wildman–Crippen LogP) is -1.45. The van der Waals surface area contributed by atoms with E-state index in [9.17, 15) is 0 Å². The molecule has 1 rings (SSSR count). The number of rotatable bonds is 24. The van der Waals surface area contributed by atoms with Crippen LogP contribution in [-0.4, -0.2) is 90.0 Å². The summed E-state index contributed by atoms with van der Waals surface area (Å²) in [5, 5.41) is 9.95. The van der Waals surface area contributed by atoms with Gasteiger partial charge in [-0.1, -0.05) is 38.5 Å². The zero-order chi connectivity index (χ0) is 35.4. The third kappa shape index (κ3) is 23.9. The Labute approximate surface area is 282 Å². The van der Waals surface area contributed by atoms with Gasteiger partial charge in [0.05, 0.1) is 0 Å². The quantitative estimate of drug-likeness (QED) is 0.0339. The highest BCUT2D eigenvalue weighted by Gasteiger charge is 2.07. The molecule has 0 spiro atoms. The Morgan fingerprint density at radius 3 is 0.875 bits per heavy atom.